The van der Waals surface area contributed by atoms with Crippen molar-refractivity contribution in [1.82, 2.24) is 4.90 Å². The van der Waals surface area contributed by atoms with E-state index >= 15 is 0 Å². The molecule has 1 N–H and O–H groups in total. The van der Waals surface area contributed by atoms with Crippen LogP contribution in [0.2, 0.25) is 0 Å². The van der Waals surface area contributed by atoms with Crippen LogP contribution in [0.15, 0.2) is 30.3 Å². The zero-order chi connectivity index (χ0) is 19.8. The highest BCUT2D eigenvalue weighted by Gasteiger charge is 2.41. The first-order valence-corrected chi connectivity index (χ1v) is 9.40. The first kappa shape index (κ1) is 21.4. The normalized spacial score (nSPS) is 18.0. The molecule has 0 bridgehead atoms. The van der Waals surface area contributed by atoms with Crippen LogP contribution in [-0.4, -0.2) is 72.6 Å². The van der Waals surface area contributed by atoms with E-state index in [1.165, 1.54) is 4.90 Å². The number of halogens is 1. The Morgan fingerprint density at radius 2 is 1.85 bits per heavy atom. The van der Waals surface area contributed by atoms with E-state index < -0.39 is 35.9 Å². The summed E-state index contributed by atoms with van der Waals surface area (Å²) >= 11 is 3.23. The molecule has 0 unspecified atom stereocenters. The largest absolute Gasteiger partial charge is 0.615 e. The molecule has 0 spiro atoms. The lowest BCUT2D eigenvalue weighted by Crippen LogP contribution is -2.49. The molecule has 27 heavy (non-hydrogen) atoms. The summed E-state index contributed by atoms with van der Waals surface area (Å²) in [5.74, 6) is -1.54. The second-order valence-electron chi connectivity index (χ2n) is 6.18. The summed E-state index contributed by atoms with van der Waals surface area (Å²) in [6.45, 7) is 0.0350. The van der Waals surface area contributed by atoms with Gasteiger partial charge in [-0.05, 0) is 32.0 Å². The molecule has 0 radical (unpaired) electrons. The molecule has 1 heterocycles. The lowest BCUT2D eigenvalue weighted by molar-refractivity contribution is -0.145. The van der Waals surface area contributed by atoms with Crippen molar-refractivity contribution in [2.24, 2.45) is 0 Å². The monoisotopic (exact) mass is 441 g/mol. The van der Waals surface area contributed by atoms with Crippen molar-refractivity contribution < 1.29 is 33.5 Å². The molecule has 10 heteroatoms. The molecule has 1 aliphatic rings. The summed E-state index contributed by atoms with van der Waals surface area (Å²) in [5, 5.41) is 10.3. The minimum atomic E-state index is -1.22. The summed E-state index contributed by atoms with van der Waals surface area (Å²) < 4.78 is 14.6. The SMILES string of the molecule is CN1CC(=O)OB([C@@H](Br)[C@@H](O)CCCOC(=O)c2ccccc2)OC(=O)C1. The van der Waals surface area contributed by atoms with Crippen molar-refractivity contribution in [2.75, 3.05) is 26.7 Å². The number of carbonyl (C=O) groups is 3. The van der Waals surface area contributed by atoms with Gasteiger partial charge in [0.15, 0.2) is 0 Å². The van der Waals surface area contributed by atoms with Gasteiger partial charge in [-0.2, -0.15) is 0 Å². The molecule has 1 fully saturated rings. The van der Waals surface area contributed by atoms with E-state index in [1.807, 2.05) is 0 Å². The summed E-state index contributed by atoms with van der Waals surface area (Å²) in [4.78, 5) is 36.8. The highest BCUT2D eigenvalue weighted by Crippen LogP contribution is 2.18. The molecular weight excluding hydrogens is 421 g/mol. The first-order chi connectivity index (χ1) is 12.9. The predicted molar refractivity (Wildman–Crippen MR) is 100 cm³/mol. The number of rotatable bonds is 7. The second-order valence-corrected chi connectivity index (χ2v) is 7.23. The number of aliphatic hydroxyl groups excluding tert-OH is 1. The maximum absolute atomic E-state index is 11.8. The van der Waals surface area contributed by atoms with Gasteiger partial charge in [0.1, 0.15) is 4.73 Å². The van der Waals surface area contributed by atoms with Crippen molar-refractivity contribution >= 4 is 41.0 Å². The highest BCUT2D eigenvalue weighted by atomic mass is 79.9. The molecule has 1 aliphatic heterocycles. The molecule has 2 atom stereocenters. The van der Waals surface area contributed by atoms with Crippen LogP contribution in [0, 0.1) is 0 Å². The van der Waals surface area contributed by atoms with Gasteiger partial charge in [-0.15, -0.1) is 0 Å². The molecule has 0 amide bonds. The summed E-state index contributed by atoms with van der Waals surface area (Å²) in [6, 6.07) is 8.59. The molecule has 2 rings (SSSR count). The number of hydrogen-bond donors (Lipinski definition) is 1. The van der Waals surface area contributed by atoms with Gasteiger partial charge >= 0.3 is 25.0 Å². The molecule has 146 valence electrons. The van der Waals surface area contributed by atoms with Crippen molar-refractivity contribution in [2.45, 2.75) is 23.7 Å². The molecule has 1 aromatic rings. The third kappa shape index (κ3) is 6.97. The Balaban J connectivity index is 1.77. The highest BCUT2D eigenvalue weighted by molar-refractivity contribution is 9.10. The minimum Gasteiger partial charge on any atom is -0.497 e. The Labute approximate surface area is 166 Å². The average molecular weight is 442 g/mol. The van der Waals surface area contributed by atoms with Gasteiger partial charge in [0, 0.05) is 0 Å². The van der Waals surface area contributed by atoms with E-state index in [4.69, 9.17) is 14.0 Å². The predicted octanol–water partition coefficient (Wildman–Crippen LogP) is 0.807. The van der Waals surface area contributed by atoms with Crippen molar-refractivity contribution in [3.63, 3.8) is 0 Å². The fourth-order valence-corrected chi connectivity index (χ4v) is 2.92. The lowest BCUT2D eigenvalue weighted by Gasteiger charge is -2.26. The third-order valence-electron chi connectivity index (χ3n) is 3.81. The van der Waals surface area contributed by atoms with Gasteiger partial charge in [0.25, 0.3) is 0 Å². The fraction of sp³-hybridized carbons (Fsp3) is 0.471. The minimum absolute atomic E-state index is 0.0448. The quantitative estimate of drug-likeness (QED) is 0.287. The smallest absolute Gasteiger partial charge is 0.497 e. The maximum atomic E-state index is 11.8. The van der Waals surface area contributed by atoms with Gasteiger partial charge in [0.05, 0.1) is 31.4 Å². The second kappa shape index (κ2) is 10.4. The Kier molecular flexibility index (Phi) is 8.27. The number of alkyl halides is 1. The van der Waals surface area contributed by atoms with Crippen LogP contribution in [-0.2, 0) is 23.6 Å². The molecular formula is C17H21BBrNO7. The molecule has 0 aliphatic carbocycles. The number of esters is 1. The topological polar surface area (TPSA) is 102 Å². The van der Waals surface area contributed by atoms with Crippen LogP contribution >= 0.6 is 15.9 Å². The van der Waals surface area contributed by atoms with Crippen LogP contribution in [0.25, 0.3) is 0 Å². The van der Waals surface area contributed by atoms with Gasteiger partial charge in [-0.3, -0.25) is 14.5 Å². The number of hydrogen-bond acceptors (Lipinski definition) is 8. The van der Waals surface area contributed by atoms with E-state index in [1.54, 1.807) is 37.4 Å². The van der Waals surface area contributed by atoms with Gasteiger partial charge < -0.3 is 19.2 Å². The summed E-state index contributed by atoms with van der Waals surface area (Å²) in [7, 11) is 0.376. The molecule has 1 aromatic carbocycles. The molecule has 0 saturated carbocycles. The number of benzene rings is 1. The fourth-order valence-electron chi connectivity index (χ4n) is 2.44. The van der Waals surface area contributed by atoms with Gasteiger partial charge in [-0.25, -0.2) is 4.79 Å². The van der Waals surface area contributed by atoms with E-state index in [9.17, 15) is 19.5 Å². The van der Waals surface area contributed by atoms with E-state index in [2.05, 4.69) is 15.9 Å². The van der Waals surface area contributed by atoms with Crippen molar-refractivity contribution in [3.05, 3.63) is 35.9 Å². The van der Waals surface area contributed by atoms with Crippen molar-refractivity contribution in [3.8, 4) is 0 Å². The van der Waals surface area contributed by atoms with E-state index in [0.717, 1.165) is 0 Å². The van der Waals surface area contributed by atoms with Crippen LogP contribution in [0.4, 0.5) is 0 Å². The standard InChI is InChI=1S/C17H21BBrNO7/c1-20-10-14(22)26-18(27-15(23)11-20)16(19)13(21)8-5-9-25-17(24)12-6-3-2-4-7-12/h2-4,6-7,13,16,21H,5,8-11H2,1H3/t13-,16-/m0/s1. The number of nitrogens with zero attached hydrogens (tertiary/aromatic N) is 1. The molecule has 8 nitrogen and oxygen atoms in total. The Morgan fingerprint density at radius 1 is 1.26 bits per heavy atom. The first-order valence-electron chi connectivity index (χ1n) is 8.48. The van der Waals surface area contributed by atoms with E-state index in [0.29, 0.717) is 12.0 Å². The van der Waals surface area contributed by atoms with Crippen LogP contribution in [0.3, 0.4) is 0 Å². The third-order valence-corrected chi connectivity index (χ3v) is 4.85. The molecule has 0 aromatic heterocycles. The number of carbonyl (C=O) groups excluding carboxylic acids is 3. The Morgan fingerprint density at radius 3 is 2.44 bits per heavy atom. The Bertz CT molecular complexity index is 640. The van der Waals surface area contributed by atoms with Crippen LogP contribution < -0.4 is 0 Å². The van der Waals surface area contributed by atoms with Crippen LogP contribution in [0.1, 0.15) is 23.2 Å². The van der Waals surface area contributed by atoms with Gasteiger partial charge in [0.2, 0.25) is 0 Å². The zero-order valence-corrected chi connectivity index (χ0v) is 16.5. The Hall–Kier alpha value is -1.91. The summed E-state index contributed by atoms with van der Waals surface area (Å²) in [6.07, 6.45) is -0.328. The van der Waals surface area contributed by atoms with Crippen LogP contribution in [0.5, 0.6) is 0 Å². The maximum Gasteiger partial charge on any atom is 0.615 e. The number of likely N-dealkylation sites (N-methyl/N-ethyl adjacent to an activating group) is 1. The molecule has 1 saturated heterocycles. The average Bonchev–Trinajstić information content (AvgIpc) is 2.63. The van der Waals surface area contributed by atoms with Crippen molar-refractivity contribution in [1.29, 1.82) is 0 Å². The number of aliphatic hydroxyl groups is 1. The summed E-state index contributed by atoms with van der Waals surface area (Å²) in [5.41, 5.74) is 0.453. The zero-order valence-electron chi connectivity index (χ0n) is 14.9. The van der Waals surface area contributed by atoms with Gasteiger partial charge in [-0.1, -0.05) is 34.1 Å². The number of ether oxygens (including phenoxy) is 1. The van der Waals surface area contributed by atoms with E-state index in [-0.39, 0.29) is 26.1 Å². The lowest BCUT2D eigenvalue weighted by atomic mass is 9.79.